The molecule has 5 rings (SSSR count). The first-order valence-electron chi connectivity index (χ1n) is 12.9. The third-order valence-electron chi connectivity index (χ3n) is 8.01. The Labute approximate surface area is 206 Å². The summed E-state index contributed by atoms with van der Waals surface area (Å²) < 4.78 is 1.55. The third kappa shape index (κ3) is 5.42. The van der Waals surface area contributed by atoms with Gasteiger partial charge in [-0.1, -0.05) is 6.07 Å². The average Bonchev–Trinajstić information content (AvgIpc) is 2.89. The van der Waals surface area contributed by atoms with E-state index in [-0.39, 0.29) is 11.8 Å². The second kappa shape index (κ2) is 10.5. The highest BCUT2D eigenvalue weighted by Gasteiger charge is 2.29. The summed E-state index contributed by atoms with van der Waals surface area (Å²) in [6, 6.07) is 9.30. The minimum atomic E-state index is -0.396. The predicted molar refractivity (Wildman–Crippen MR) is 137 cm³/mol. The monoisotopic (exact) mass is 479 g/mol. The van der Waals surface area contributed by atoms with Crippen LogP contribution in [0.5, 0.6) is 0 Å². The molecule has 9 heteroatoms. The van der Waals surface area contributed by atoms with Crippen molar-refractivity contribution < 1.29 is 4.79 Å². The molecular formula is C26H37N7O2. The van der Waals surface area contributed by atoms with Crippen LogP contribution in [-0.4, -0.2) is 76.7 Å². The molecule has 35 heavy (non-hydrogen) atoms. The molecule has 2 heterocycles. The maximum absolute atomic E-state index is 12.8. The highest BCUT2D eigenvalue weighted by molar-refractivity contribution is 5.88. The fourth-order valence-electron chi connectivity index (χ4n) is 5.75. The number of nitrogens with one attached hydrogen (secondary N) is 2. The number of anilines is 1. The molecule has 1 saturated carbocycles. The van der Waals surface area contributed by atoms with E-state index in [1.807, 2.05) is 6.07 Å². The van der Waals surface area contributed by atoms with Crippen LogP contribution in [0.25, 0.3) is 5.69 Å². The molecule has 1 atom stereocenters. The van der Waals surface area contributed by atoms with Gasteiger partial charge in [-0.15, -0.1) is 0 Å². The van der Waals surface area contributed by atoms with Gasteiger partial charge in [0.25, 0.3) is 0 Å². The SMILES string of the molecule is CN(C1CCC(N)CC1)C1CCc2cc(-n3ccc(NC(=O)N4CCNCC4)nc3=O)ccc2C1. The van der Waals surface area contributed by atoms with Crippen molar-refractivity contribution in [1.29, 1.82) is 0 Å². The molecular weight excluding hydrogens is 442 g/mol. The molecule has 1 aromatic carbocycles. The van der Waals surface area contributed by atoms with Crippen molar-refractivity contribution in [3.63, 3.8) is 0 Å². The fourth-order valence-corrected chi connectivity index (χ4v) is 5.75. The minimum Gasteiger partial charge on any atom is -0.328 e. The standard InChI is InChI=1S/C26H37N7O2/c1-31(21-8-4-20(27)5-9-21)22-6-2-19-17-23(7-3-18(19)16-22)33-13-10-24(30-26(33)35)29-25(34)32-14-11-28-12-15-32/h3,7,10,13,17,20-22,28H,2,4-6,8-9,11-12,14-16,27H2,1H3,(H,29,30,34,35). The molecule has 9 nitrogen and oxygen atoms in total. The molecule has 2 amide bonds. The predicted octanol–water partition coefficient (Wildman–Crippen LogP) is 1.73. The fraction of sp³-hybridized carbons (Fsp3) is 0.577. The van der Waals surface area contributed by atoms with Crippen molar-refractivity contribution in [3.05, 3.63) is 52.1 Å². The smallest absolute Gasteiger partial charge is 0.328 e. The number of likely N-dealkylation sites (N-methyl/N-ethyl adjacent to an activating group) is 1. The normalized spacial score (nSPS) is 24.8. The number of carbonyl (C=O) groups excluding carboxylic acids is 1. The number of aromatic nitrogens is 2. The first kappa shape index (κ1) is 24.0. The summed E-state index contributed by atoms with van der Waals surface area (Å²) in [5.74, 6) is 0.280. The summed E-state index contributed by atoms with van der Waals surface area (Å²) in [5.41, 5.74) is 9.19. The molecule has 1 aliphatic heterocycles. The summed E-state index contributed by atoms with van der Waals surface area (Å²) in [6.45, 7) is 2.83. The van der Waals surface area contributed by atoms with Crippen molar-refractivity contribution in [2.45, 2.75) is 63.1 Å². The number of nitrogens with zero attached hydrogens (tertiary/aromatic N) is 4. The van der Waals surface area contributed by atoms with Crippen LogP contribution >= 0.6 is 0 Å². The lowest BCUT2D eigenvalue weighted by Gasteiger charge is -2.40. The van der Waals surface area contributed by atoms with E-state index in [1.165, 1.54) is 24.0 Å². The van der Waals surface area contributed by atoms with E-state index in [2.05, 4.69) is 39.7 Å². The maximum atomic E-state index is 12.8. The van der Waals surface area contributed by atoms with Gasteiger partial charge in [0.2, 0.25) is 0 Å². The molecule has 1 saturated heterocycles. The number of amides is 2. The summed E-state index contributed by atoms with van der Waals surface area (Å²) >= 11 is 0. The Morgan fingerprint density at radius 2 is 1.86 bits per heavy atom. The van der Waals surface area contributed by atoms with E-state index in [0.717, 1.165) is 50.9 Å². The zero-order valence-electron chi connectivity index (χ0n) is 20.6. The van der Waals surface area contributed by atoms with E-state index in [9.17, 15) is 9.59 Å². The summed E-state index contributed by atoms with van der Waals surface area (Å²) in [4.78, 5) is 33.6. The van der Waals surface area contributed by atoms with Crippen molar-refractivity contribution in [2.75, 3.05) is 38.5 Å². The number of hydrogen-bond donors (Lipinski definition) is 3. The third-order valence-corrected chi connectivity index (χ3v) is 8.01. The molecule has 188 valence electrons. The van der Waals surface area contributed by atoms with Crippen molar-refractivity contribution in [2.24, 2.45) is 5.73 Å². The molecule has 1 unspecified atom stereocenters. The Kier molecular flexibility index (Phi) is 7.17. The van der Waals surface area contributed by atoms with Crippen LogP contribution in [0.4, 0.5) is 10.6 Å². The van der Waals surface area contributed by atoms with Gasteiger partial charge in [-0.25, -0.2) is 9.59 Å². The van der Waals surface area contributed by atoms with E-state index in [4.69, 9.17) is 5.73 Å². The largest absolute Gasteiger partial charge is 0.354 e. The highest BCUT2D eigenvalue weighted by atomic mass is 16.2. The lowest BCUT2D eigenvalue weighted by atomic mass is 9.84. The second-order valence-corrected chi connectivity index (χ2v) is 10.2. The molecule has 4 N–H and O–H groups in total. The van der Waals surface area contributed by atoms with Crippen LogP contribution in [0.15, 0.2) is 35.3 Å². The molecule has 3 aliphatic rings. The van der Waals surface area contributed by atoms with Gasteiger partial charge >= 0.3 is 11.7 Å². The molecule has 2 aliphatic carbocycles. The zero-order chi connectivity index (χ0) is 24.4. The van der Waals surface area contributed by atoms with Gasteiger partial charge in [0.05, 0.1) is 5.69 Å². The van der Waals surface area contributed by atoms with Gasteiger partial charge in [-0.3, -0.25) is 9.88 Å². The number of carbonyl (C=O) groups is 1. The van der Waals surface area contributed by atoms with Gasteiger partial charge in [0.1, 0.15) is 5.82 Å². The number of benzene rings is 1. The zero-order valence-corrected chi connectivity index (χ0v) is 20.6. The van der Waals surface area contributed by atoms with Crippen LogP contribution in [0.3, 0.4) is 0 Å². The van der Waals surface area contributed by atoms with Gasteiger partial charge in [0.15, 0.2) is 0 Å². The van der Waals surface area contributed by atoms with Crippen molar-refractivity contribution in [3.8, 4) is 5.69 Å². The van der Waals surface area contributed by atoms with E-state index >= 15 is 0 Å². The van der Waals surface area contributed by atoms with Gasteiger partial charge in [0, 0.05) is 50.5 Å². The molecule has 0 spiro atoms. The lowest BCUT2D eigenvalue weighted by molar-refractivity contribution is 0.122. The molecule has 1 aromatic heterocycles. The number of aryl methyl sites for hydroxylation is 1. The Bertz CT molecular complexity index is 1100. The van der Waals surface area contributed by atoms with Crippen LogP contribution < -0.4 is 22.1 Å². The van der Waals surface area contributed by atoms with E-state index < -0.39 is 5.69 Å². The number of nitrogens with two attached hydrogens (primary N) is 1. The summed E-state index contributed by atoms with van der Waals surface area (Å²) in [6.07, 6.45) is 9.51. The quantitative estimate of drug-likeness (QED) is 0.616. The Morgan fingerprint density at radius 1 is 1.09 bits per heavy atom. The topological polar surface area (TPSA) is 109 Å². The number of urea groups is 1. The average molecular weight is 480 g/mol. The highest BCUT2D eigenvalue weighted by Crippen LogP contribution is 2.30. The Morgan fingerprint density at radius 3 is 2.60 bits per heavy atom. The second-order valence-electron chi connectivity index (χ2n) is 10.2. The van der Waals surface area contributed by atoms with E-state index in [1.54, 1.807) is 21.7 Å². The first-order chi connectivity index (χ1) is 17.0. The van der Waals surface area contributed by atoms with Gasteiger partial charge in [-0.05, 0) is 81.3 Å². The van der Waals surface area contributed by atoms with Crippen molar-refractivity contribution in [1.82, 2.24) is 24.7 Å². The molecule has 0 bridgehead atoms. The molecule has 2 aromatic rings. The van der Waals surface area contributed by atoms with E-state index in [0.29, 0.717) is 31.2 Å². The van der Waals surface area contributed by atoms with Crippen LogP contribution in [0, 0.1) is 0 Å². The Balaban J connectivity index is 1.25. The lowest BCUT2D eigenvalue weighted by Crippen LogP contribution is -2.48. The maximum Gasteiger partial charge on any atom is 0.354 e. The summed E-state index contributed by atoms with van der Waals surface area (Å²) in [5, 5.41) is 5.97. The van der Waals surface area contributed by atoms with Crippen molar-refractivity contribution >= 4 is 11.8 Å². The van der Waals surface area contributed by atoms with Crippen LogP contribution in [-0.2, 0) is 12.8 Å². The first-order valence-corrected chi connectivity index (χ1v) is 12.9. The summed E-state index contributed by atoms with van der Waals surface area (Å²) in [7, 11) is 2.28. The minimum absolute atomic E-state index is 0.222. The van der Waals surface area contributed by atoms with Crippen LogP contribution in [0.1, 0.15) is 43.2 Å². The van der Waals surface area contributed by atoms with Gasteiger partial charge in [-0.2, -0.15) is 4.98 Å². The van der Waals surface area contributed by atoms with Crippen LogP contribution in [0.2, 0.25) is 0 Å². The number of fused-ring (bicyclic) bond motifs is 1. The number of rotatable bonds is 4. The number of hydrogen-bond acceptors (Lipinski definition) is 6. The Hall–Kier alpha value is -2.75. The molecule has 2 fully saturated rings. The van der Waals surface area contributed by atoms with Gasteiger partial charge < -0.3 is 20.9 Å². The number of piperazine rings is 1. The molecule has 0 radical (unpaired) electrons.